The van der Waals surface area contributed by atoms with E-state index in [-0.39, 0.29) is 23.0 Å². The van der Waals surface area contributed by atoms with Crippen LogP contribution in [0.5, 0.6) is 0 Å². The van der Waals surface area contributed by atoms with E-state index in [1.807, 2.05) is 0 Å². The molecule has 10 nitrogen and oxygen atoms in total. The molecule has 0 amide bonds. The minimum atomic E-state index is -0.717. The highest BCUT2D eigenvalue weighted by molar-refractivity contribution is 5.84. The molecule has 10 heteroatoms. The van der Waals surface area contributed by atoms with E-state index in [4.69, 9.17) is 0 Å². The summed E-state index contributed by atoms with van der Waals surface area (Å²) in [5, 5.41) is 19.1. The van der Waals surface area contributed by atoms with E-state index in [0.717, 1.165) is 4.68 Å². The maximum Gasteiger partial charge on any atom is 0.377 e. The molecule has 0 aromatic carbocycles. The number of nitro groups is 1. The molecular formula is C10H12N6O4. The number of methoxy groups -OCH3 is 1. The molecule has 0 saturated heterocycles. The Morgan fingerprint density at radius 3 is 2.75 bits per heavy atom. The summed E-state index contributed by atoms with van der Waals surface area (Å²) in [5.74, 6) is -0.744. The van der Waals surface area contributed by atoms with Gasteiger partial charge in [0.1, 0.15) is 12.0 Å². The predicted octanol–water partition coefficient (Wildman–Crippen LogP) is 0.487. The number of ether oxygens (including phenoxy) is 1. The first kappa shape index (κ1) is 13.6. The number of hydrogen-bond donors (Lipinski definition) is 0. The van der Waals surface area contributed by atoms with Crippen molar-refractivity contribution in [3.05, 3.63) is 28.0 Å². The Hall–Kier alpha value is -2.78. The Labute approximate surface area is 113 Å². The van der Waals surface area contributed by atoms with Crippen LogP contribution in [-0.4, -0.2) is 42.5 Å². The zero-order valence-corrected chi connectivity index (χ0v) is 11.1. The average molecular weight is 280 g/mol. The topological polar surface area (TPSA) is 118 Å². The van der Waals surface area contributed by atoms with Crippen LogP contribution < -0.4 is 0 Å². The van der Waals surface area contributed by atoms with E-state index in [1.54, 1.807) is 6.92 Å². The summed E-state index contributed by atoms with van der Waals surface area (Å²) in [5.41, 5.74) is 0.0927. The lowest BCUT2D eigenvalue weighted by Gasteiger charge is -2.02. The van der Waals surface area contributed by atoms with E-state index >= 15 is 0 Å². The van der Waals surface area contributed by atoms with E-state index < -0.39 is 10.9 Å². The van der Waals surface area contributed by atoms with E-state index in [1.165, 1.54) is 25.0 Å². The van der Waals surface area contributed by atoms with Crippen LogP contribution >= 0.6 is 0 Å². The van der Waals surface area contributed by atoms with Crippen LogP contribution in [0.4, 0.5) is 5.69 Å². The molecular weight excluding hydrogens is 268 g/mol. The lowest BCUT2D eigenvalue weighted by molar-refractivity contribution is -0.385. The SMILES string of the molecule is CCn1nc(C)c([N+](=O)[O-])c1-n1cnc(C(=O)OC)n1. The summed E-state index contributed by atoms with van der Waals surface area (Å²) in [4.78, 5) is 25.7. The summed E-state index contributed by atoms with van der Waals surface area (Å²) in [7, 11) is 1.20. The van der Waals surface area contributed by atoms with Crippen molar-refractivity contribution in [2.24, 2.45) is 0 Å². The van der Waals surface area contributed by atoms with E-state index in [9.17, 15) is 14.9 Å². The van der Waals surface area contributed by atoms with Crippen molar-refractivity contribution in [3.63, 3.8) is 0 Å². The van der Waals surface area contributed by atoms with Crippen LogP contribution in [0.2, 0.25) is 0 Å². The molecule has 0 fully saturated rings. The number of carbonyl (C=O) groups excluding carboxylic acids is 1. The highest BCUT2D eigenvalue weighted by Gasteiger charge is 2.27. The van der Waals surface area contributed by atoms with Crippen LogP contribution in [0, 0.1) is 17.0 Å². The van der Waals surface area contributed by atoms with Crippen molar-refractivity contribution in [2.45, 2.75) is 20.4 Å². The standard InChI is InChI=1S/C10H12N6O4/c1-4-14-9(7(16(18)19)6(2)12-14)15-5-11-8(13-15)10(17)20-3/h5H,4H2,1-3H3. The third-order valence-corrected chi connectivity index (χ3v) is 2.63. The van der Waals surface area contributed by atoms with Crippen LogP contribution in [0.15, 0.2) is 6.33 Å². The van der Waals surface area contributed by atoms with Gasteiger partial charge in [0.2, 0.25) is 5.82 Å². The first-order valence-corrected chi connectivity index (χ1v) is 5.71. The largest absolute Gasteiger partial charge is 0.463 e. The number of carbonyl (C=O) groups is 1. The van der Waals surface area contributed by atoms with Gasteiger partial charge in [-0.3, -0.25) is 10.1 Å². The second-order valence-electron chi connectivity index (χ2n) is 3.83. The molecule has 0 N–H and O–H groups in total. The Balaban J connectivity index is 2.59. The van der Waals surface area contributed by atoms with Gasteiger partial charge < -0.3 is 4.74 Å². The Morgan fingerprint density at radius 1 is 1.50 bits per heavy atom. The average Bonchev–Trinajstić information content (AvgIpc) is 3.01. The molecule has 0 aliphatic carbocycles. The summed E-state index contributed by atoms with van der Waals surface area (Å²) < 4.78 is 7.06. The quantitative estimate of drug-likeness (QED) is 0.454. The fraction of sp³-hybridized carbons (Fsp3) is 0.400. The summed E-state index contributed by atoms with van der Waals surface area (Å²) in [6.45, 7) is 3.74. The highest BCUT2D eigenvalue weighted by atomic mass is 16.6. The molecule has 0 unspecified atom stereocenters. The smallest absolute Gasteiger partial charge is 0.377 e. The summed E-state index contributed by atoms with van der Waals surface area (Å²) >= 11 is 0. The number of nitrogens with zero attached hydrogens (tertiary/aromatic N) is 6. The fourth-order valence-electron chi connectivity index (χ4n) is 1.77. The monoisotopic (exact) mass is 280 g/mol. The minimum absolute atomic E-state index is 0.151. The van der Waals surface area contributed by atoms with Crippen molar-refractivity contribution in [1.29, 1.82) is 0 Å². The Morgan fingerprint density at radius 2 is 2.20 bits per heavy atom. The predicted molar refractivity (Wildman–Crippen MR) is 65.5 cm³/mol. The number of aromatic nitrogens is 5. The molecule has 2 aromatic rings. The number of hydrogen-bond acceptors (Lipinski definition) is 7. The Kier molecular flexibility index (Phi) is 3.46. The molecule has 20 heavy (non-hydrogen) atoms. The molecule has 2 rings (SSSR count). The lowest BCUT2D eigenvalue weighted by Crippen LogP contribution is -2.10. The van der Waals surface area contributed by atoms with Crippen LogP contribution in [0.3, 0.4) is 0 Å². The zero-order valence-electron chi connectivity index (χ0n) is 11.1. The molecule has 0 saturated carbocycles. The van der Waals surface area contributed by atoms with Gasteiger partial charge in [-0.05, 0) is 13.8 Å². The van der Waals surface area contributed by atoms with Crippen molar-refractivity contribution < 1.29 is 14.5 Å². The van der Waals surface area contributed by atoms with Crippen molar-refractivity contribution >= 4 is 11.7 Å². The number of aryl methyl sites for hydroxylation is 2. The third kappa shape index (κ3) is 2.11. The molecule has 0 atom stereocenters. The molecule has 2 aromatic heterocycles. The van der Waals surface area contributed by atoms with Gasteiger partial charge in [-0.25, -0.2) is 14.5 Å². The number of rotatable bonds is 4. The molecule has 106 valence electrons. The first-order chi connectivity index (χ1) is 9.49. The van der Waals surface area contributed by atoms with E-state index in [0.29, 0.717) is 6.54 Å². The minimum Gasteiger partial charge on any atom is -0.463 e. The van der Waals surface area contributed by atoms with Crippen LogP contribution in [0.1, 0.15) is 23.2 Å². The van der Waals surface area contributed by atoms with Gasteiger partial charge in [0.05, 0.1) is 12.0 Å². The third-order valence-electron chi connectivity index (χ3n) is 2.63. The van der Waals surface area contributed by atoms with Crippen LogP contribution in [-0.2, 0) is 11.3 Å². The highest BCUT2D eigenvalue weighted by Crippen LogP contribution is 2.25. The van der Waals surface area contributed by atoms with Crippen LogP contribution in [0.25, 0.3) is 5.82 Å². The van der Waals surface area contributed by atoms with Gasteiger partial charge in [-0.2, -0.15) is 9.78 Å². The van der Waals surface area contributed by atoms with Gasteiger partial charge in [0.25, 0.3) is 5.82 Å². The maximum absolute atomic E-state index is 11.3. The second-order valence-corrected chi connectivity index (χ2v) is 3.83. The fourth-order valence-corrected chi connectivity index (χ4v) is 1.77. The molecule has 0 radical (unpaired) electrons. The molecule has 0 bridgehead atoms. The molecule has 0 spiro atoms. The Bertz CT molecular complexity index is 673. The second kappa shape index (κ2) is 5.07. The van der Waals surface area contributed by atoms with Gasteiger partial charge >= 0.3 is 11.7 Å². The lowest BCUT2D eigenvalue weighted by atomic mass is 10.4. The normalized spacial score (nSPS) is 10.6. The molecule has 2 heterocycles. The van der Waals surface area contributed by atoms with Gasteiger partial charge in [0.15, 0.2) is 0 Å². The van der Waals surface area contributed by atoms with E-state index in [2.05, 4.69) is 19.9 Å². The van der Waals surface area contributed by atoms with Gasteiger partial charge in [-0.15, -0.1) is 5.10 Å². The number of esters is 1. The van der Waals surface area contributed by atoms with Crippen molar-refractivity contribution in [2.75, 3.05) is 7.11 Å². The maximum atomic E-state index is 11.3. The molecule has 0 aliphatic rings. The first-order valence-electron chi connectivity index (χ1n) is 5.71. The zero-order chi connectivity index (χ0) is 14.9. The van der Waals surface area contributed by atoms with Crippen molar-refractivity contribution in [3.8, 4) is 5.82 Å². The summed E-state index contributed by atoms with van der Waals surface area (Å²) in [6.07, 6.45) is 1.21. The molecule has 0 aliphatic heterocycles. The van der Waals surface area contributed by atoms with Gasteiger partial charge in [-0.1, -0.05) is 0 Å². The van der Waals surface area contributed by atoms with Gasteiger partial charge in [0, 0.05) is 6.54 Å². The van der Waals surface area contributed by atoms with Crippen molar-refractivity contribution in [1.82, 2.24) is 24.5 Å². The summed E-state index contributed by atoms with van der Waals surface area (Å²) in [6, 6.07) is 0.